The van der Waals surface area contributed by atoms with Gasteiger partial charge in [-0.25, -0.2) is 5.01 Å². The highest BCUT2D eigenvalue weighted by Gasteiger charge is 2.43. The van der Waals surface area contributed by atoms with Gasteiger partial charge < -0.3 is 10.3 Å². The first-order valence-electron chi connectivity index (χ1n) is 8.67. The zero-order valence-electron chi connectivity index (χ0n) is 14.8. The second kappa shape index (κ2) is 6.48. The molecular formula is C18H24N4O3. The molecule has 1 atom stereocenters. The number of hydrogen-bond acceptors (Lipinski definition) is 5. The number of rotatable bonds is 4. The van der Waals surface area contributed by atoms with Crippen LogP contribution in [0.3, 0.4) is 0 Å². The number of ketones is 1. The van der Waals surface area contributed by atoms with Crippen molar-refractivity contribution in [3.63, 3.8) is 0 Å². The lowest BCUT2D eigenvalue weighted by molar-refractivity contribution is -0.151. The van der Waals surface area contributed by atoms with Crippen LogP contribution < -0.4 is 16.0 Å². The third-order valence-corrected chi connectivity index (χ3v) is 5.16. The second-order valence-corrected chi connectivity index (χ2v) is 7.15. The van der Waals surface area contributed by atoms with Crippen molar-refractivity contribution < 1.29 is 14.4 Å². The van der Waals surface area contributed by atoms with Crippen LogP contribution in [0.5, 0.6) is 0 Å². The number of carbonyl (C=O) groups is 3. The molecule has 1 fully saturated rings. The van der Waals surface area contributed by atoms with E-state index in [-0.39, 0.29) is 5.91 Å². The summed E-state index contributed by atoms with van der Waals surface area (Å²) in [5.74, 6) is -1.21. The number of benzene rings is 1. The van der Waals surface area contributed by atoms with Crippen LogP contribution in [0.1, 0.15) is 40.0 Å². The van der Waals surface area contributed by atoms with Crippen LogP contribution in [0.2, 0.25) is 0 Å². The van der Waals surface area contributed by atoms with E-state index in [2.05, 4.69) is 11.0 Å². The van der Waals surface area contributed by atoms with Crippen molar-refractivity contribution in [2.75, 3.05) is 17.0 Å². The Kier molecular flexibility index (Phi) is 4.51. The topological polar surface area (TPSA) is 81.8 Å². The number of para-hydroxylation sites is 2. The summed E-state index contributed by atoms with van der Waals surface area (Å²) in [7, 11) is 0. The molecule has 134 valence electrons. The molecule has 0 aromatic heterocycles. The zero-order chi connectivity index (χ0) is 18.2. The lowest BCUT2D eigenvalue weighted by atomic mass is 9.84. The van der Waals surface area contributed by atoms with E-state index < -0.39 is 23.1 Å². The summed E-state index contributed by atoms with van der Waals surface area (Å²) in [6.07, 6.45) is 1.85. The number of nitrogens with one attached hydrogen (secondary N) is 2. The molecule has 7 heteroatoms. The maximum atomic E-state index is 13.0. The number of likely N-dealkylation sites (tertiary alicyclic amines) is 1. The van der Waals surface area contributed by atoms with Crippen molar-refractivity contribution in [1.29, 1.82) is 0 Å². The number of carbonyl (C=O) groups excluding carboxylic acids is 3. The third kappa shape index (κ3) is 3.00. The summed E-state index contributed by atoms with van der Waals surface area (Å²) in [6.45, 7) is 5.85. The molecule has 2 amide bonds. The summed E-state index contributed by atoms with van der Waals surface area (Å²) in [4.78, 5) is 39.6. The highest BCUT2D eigenvalue weighted by atomic mass is 16.2. The van der Waals surface area contributed by atoms with Crippen LogP contribution in [0.25, 0.3) is 0 Å². The number of fused-ring (bicyclic) bond motifs is 1. The minimum Gasteiger partial charge on any atom is -0.324 e. The Morgan fingerprint density at radius 2 is 1.96 bits per heavy atom. The largest absolute Gasteiger partial charge is 0.324 e. The fraction of sp³-hybridized carbons (Fsp3) is 0.500. The van der Waals surface area contributed by atoms with E-state index in [1.54, 1.807) is 13.8 Å². The summed E-state index contributed by atoms with van der Waals surface area (Å²) in [5, 5.41) is 1.42. The molecule has 0 unspecified atom stereocenters. The second-order valence-electron chi connectivity index (χ2n) is 7.15. The van der Waals surface area contributed by atoms with Crippen LogP contribution in [0, 0.1) is 5.41 Å². The van der Waals surface area contributed by atoms with E-state index in [1.807, 2.05) is 31.2 Å². The van der Waals surface area contributed by atoms with Gasteiger partial charge in [0, 0.05) is 12.0 Å². The summed E-state index contributed by atoms with van der Waals surface area (Å²) in [6, 6.07) is 6.79. The first-order chi connectivity index (χ1) is 11.9. The van der Waals surface area contributed by atoms with Gasteiger partial charge in [-0.3, -0.25) is 14.4 Å². The molecular weight excluding hydrogens is 320 g/mol. The van der Waals surface area contributed by atoms with Crippen LogP contribution in [0.15, 0.2) is 24.3 Å². The van der Waals surface area contributed by atoms with Crippen molar-refractivity contribution in [2.24, 2.45) is 5.41 Å². The number of amides is 2. The van der Waals surface area contributed by atoms with Crippen LogP contribution in [-0.2, 0) is 14.4 Å². The van der Waals surface area contributed by atoms with E-state index >= 15 is 0 Å². The Hall–Kier alpha value is -2.41. The molecule has 2 aliphatic rings. The van der Waals surface area contributed by atoms with Gasteiger partial charge in [-0.15, -0.1) is 5.53 Å². The van der Waals surface area contributed by atoms with Gasteiger partial charge in [-0.1, -0.05) is 32.9 Å². The maximum absolute atomic E-state index is 13.0. The third-order valence-electron chi connectivity index (χ3n) is 5.16. The van der Waals surface area contributed by atoms with Crippen molar-refractivity contribution in [3.05, 3.63) is 24.3 Å². The molecule has 7 nitrogen and oxygen atoms in total. The lowest BCUT2D eigenvalue weighted by Crippen LogP contribution is -2.54. The Labute approximate surface area is 147 Å². The molecule has 2 N–H and O–H groups in total. The predicted molar refractivity (Wildman–Crippen MR) is 94.5 cm³/mol. The number of hydrogen-bond donors (Lipinski definition) is 2. The van der Waals surface area contributed by atoms with Gasteiger partial charge >= 0.3 is 0 Å². The Morgan fingerprint density at radius 3 is 2.68 bits per heavy atom. The summed E-state index contributed by atoms with van der Waals surface area (Å²) < 4.78 is 0. The van der Waals surface area contributed by atoms with Gasteiger partial charge in [-0.2, -0.15) is 0 Å². The van der Waals surface area contributed by atoms with Gasteiger partial charge in [0.2, 0.25) is 5.78 Å². The highest BCUT2D eigenvalue weighted by molar-refractivity contribution is 6.38. The summed E-state index contributed by atoms with van der Waals surface area (Å²) >= 11 is 0. The number of nitrogens with zero attached hydrogens (tertiary/aromatic N) is 2. The first-order valence-corrected chi connectivity index (χ1v) is 8.67. The fourth-order valence-corrected chi connectivity index (χ4v) is 3.12. The smallest absolute Gasteiger partial charge is 0.291 e. The molecule has 2 aliphatic heterocycles. The van der Waals surface area contributed by atoms with Gasteiger partial charge in [-0.05, 0) is 31.4 Å². The number of hydrazine groups is 2. The van der Waals surface area contributed by atoms with E-state index in [0.29, 0.717) is 31.5 Å². The minimum atomic E-state index is -0.715. The lowest BCUT2D eigenvalue weighted by Gasteiger charge is -2.29. The number of Topliss-reactive ketones (excluding diaryl/α,β-unsaturated/α-hetero) is 1. The van der Waals surface area contributed by atoms with E-state index in [0.717, 1.165) is 5.69 Å². The van der Waals surface area contributed by atoms with Crippen molar-refractivity contribution in [1.82, 2.24) is 10.4 Å². The van der Waals surface area contributed by atoms with Crippen molar-refractivity contribution in [3.8, 4) is 0 Å². The Balaban J connectivity index is 1.79. The molecule has 1 saturated heterocycles. The predicted octanol–water partition coefficient (Wildman–Crippen LogP) is 1.86. The molecule has 0 radical (unpaired) electrons. The highest BCUT2D eigenvalue weighted by Crippen LogP contribution is 2.31. The van der Waals surface area contributed by atoms with E-state index in [1.165, 1.54) is 9.91 Å². The SMILES string of the molecule is CCC(C)(C)C(=O)C(=O)N1CCC[C@H]1C(=O)N1NNc2ccccc21. The van der Waals surface area contributed by atoms with E-state index in [4.69, 9.17) is 0 Å². The normalized spacial score (nSPS) is 19.6. The molecule has 0 aliphatic carbocycles. The quantitative estimate of drug-likeness (QED) is 0.815. The maximum Gasteiger partial charge on any atom is 0.291 e. The Morgan fingerprint density at radius 1 is 1.24 bits per heavy atom. The molecule has 2 heterocycles. The molecule has 3 rings (SSSR count). The molecule has 0 saturated carbocycles. The monoisotopic (exact) mass is 344 g/mol. The standard InChI is InChI=1S/C18H24N4O3/c1-4-18(2,3)15(23)17(25)21-11-7-10-14(21)16(24)22-13-9-6-5-8-12(13)19-20-22/h5-6,8-9,14,19-20H,4,7,10-11H2,1-3H3/t14-/m0/s1. The first kappa shape index (κ1) is 17.4. The van der Waals surface area contributed by atoms with Crippen molar-refractivity contribution in [2.45, 2.75) is 46.1 Å². The zero-order valence-corrected chi connectivity index (χ0v) is 14.8. The molecule has 1 aromatic rings. The summed E-state index contributed by atoms with van der Waals surface area (Å²) in [5.41, 5.74) is 6.58. The number of anilines is 2. The van der Waals surface area contributed by atoms with Gasteiger partial charge in [0.25, 0.3) is 11.8 Å². The van der Waals surface area contributed by atoms with Crippen LogP contribution in [-0.4, -0.2) is 35.1 Å². The van der Waals surface area contributed by atoms with Gasteiger partial charge in [0.05, 0.1) is 11.4 Å². The Bertz CT molecular complexity index is 716. The van der Waals surface area contributed by atoms with E-state index in [9.17, 15) is 14.4 Å². The molecule has 25 heavy (non-hydrogen) atoms. The molecule has 0 bridgehead atoms. The van der Waals surface area contributed by atoms with Gasteiger partial charge in [0.15, 0.2) is 0 Å². The minimum absolute atomic E-state index is 0.231. The van der Waals surface area contributed by atoms with Gasteiger partial charge in [0.1, 0.15) is 6.04 Å². The average molecular weight is 344 g/mol. The fourth-order valence-electron chi connectivity index (χ4n) is 3.12. The molecule has 0 spiro atoms. The molecule has 1 aromatic carbocycles. The van der Waals surface area contributed by atoms with Crippen LogP contribution in [0.4, 0.5) is 11.4 Å². The average Bonchev–Trinajstić information content (AvgIpc) is 3.26. The van der Waals surface area contributed by atoms with Crippen LogP contribution >= 0.6 is 0 Å². The van der Waals surface area contributed by atoms with Crippen molar-refractivity contribution >= 4 is 29.0 Å².